The van der Waals surface area contributed by atoms with E-state index in [1.165, 1.54) is 17.8 Å². The summed E-state index contributed by atoms with van der Waals surface area (Å²) in [7, 11) is 0. The summed E-state index contributed by atoms with van der Waals surface area (Å²) in [5, 5.41) is 2.85. The predicted molar refractivity (Wildman–Crippen MR) is 61.4 cm³/mol. The standard InChI is InChI=1S/C11H16N4O2/c1-9(16)13-10-3-2-5-14(7-10)11(17)15-6-4-12-8-15/h4,6,8,10H,2-3,5,7H2,1H3,(H,13,16). The van der Waals surface area contributed by atoms with Crippen LogP contribution in [0.15, 0.2) is 18.7 Å². The van der Waals surface area contributed by atoms with Gasteiger partial charge in [0.05, 0.1) is 0 Å². The van der Waals surface area contributed by atoms with Gasteiger partial charge in [-0.2, -0.15) is 0 Å². The highest BCUT2D eigenvalue weighted by Crippen LogP contribution is 2.11. The maximum atomic E-state index is 12.0. The fraction of sp³-hybridized carbons (Fsp3) is 0.545. The molecule has 1 aliphatic heterocycles. The van der Waals surface area contributed by atoms with E-state index in [2.05, 4.69) is 10.3 Å². The molecule has 1 aromatic rings. The number of amides is 2. The lowest BCUT2D eigenvalue weighted by Gasteiger charge is -2.32. The van der Waals surface area contributed by atoms with E-state index in [0.29, 0.717) is 6.54 Å². The first-order chi connectivity index (χ1) is 8.16. The van der Waals surface area contributed by atoms with E-state index < -0.39 is 0 Å². The second-order valence-corrected chi connectivity index (χ2v) is 4.24. The molecule has 0 bridgehead atoms. The van der Waals surface area contributed by atoms with Crippen molar-refractivity contribution in [2.45, 2.75) is 25.8 Å². The minimum absolute atomic E-state index is 0.0491. The third kappa shape index (κ3) is 2.83. The molecular formula is C11H16N4O2. The Hall–Kier alpha value is -1.85. The van der Waals surface area contributed by atoms with E-state index in [1.54, 1.807) is 17.3 Å². The molecule has 6 nitrogen and oxygen atoms in total. The van der Waals surface area contributed by atoms with Gasteiger partial charge in [0.15, 0.2) is 0 Å². The van der Waals surface area contributed by atoms with Gasteiger partial charge in [0, 0.05) is 38.4 Å². The Bertz CT molecular complexity index is 402. The molecule has 1 aliphatic rings. The summed E-state index contributed by atoms with van der Waals surface area (Å²) >= 11 is 0. The highest BCUT2D eigenvalue weighted by Gasteiger charge is 2.24. The summed E-state index contributed by atoms with van der Waals surface area (Å²) in [6.07, 6.45) is 6.53. The molecule has 1 fully saturated rings. The second kappa shape index (κ2) is 4.99. The molecule has 0 aromatic carbocycles. The Kier molecular flexibility index (Phi) is 3.41. The summed E-state index contributed by atoms with van der Waals surface area (Å²) in [6, 6.07) is -0.0220. The molecular weight excluding hydrogens is 220 g/mol. The summed E-state index contributed by atoms with van der Waals surface area (Å²) in [6.45, 7) is 2.79. The van der Waals surface area contributed by atoms with Crippen LogP contribution >= 0.6 is 0 Å². The van der Waals surface area contributed by atoms with Gasteiger partial charge in [-0.25, -0.2) is 9.78 Å². The number of imidazole rings is 1. The zero-order valence-corrected chi connectivity index (χ0v) is 9.80. The third-order valence-electron chi connectivity index (χ3n) is 2.82. The minimum Gasteiger partial charge on any atom is -0.352 e. The topological polar surface area (TPSA) is 67.2 Å². The van der Waals surface area contributed by atoms with Crippen LogP contribution in [-0.2, 0) is 4.79 Å². The number of hydrogen-bond donors (Lipinski definition) is 1. The number of piperidine rings is 1. The Morgan fingerprint density at radius 3 is 2.94 bits per heavy atom. The molecule has 1 N–H and O–H groups in total. The van der Waals surface area contributed by atoms with Crippen LogP contribution in [0.5, 0.6) is 0 Å². The van der Waals surface area contributed by atoms with Gasteiger partial charge in [0.2, 0.25) is 5.91 Å². The van der Waals surface area contributed by atoms with E-state index in [0.717, 1.165) is 19.4 Å². The lowest BCUT2D eigenvalue weighted by atomic mass is 10.1. The van der Waals surface area contributed by atoms with Gasteiger partial charge < -0.3 is 10.2 Å². The van der Waals surface area contributed by atoms with Gasteiger partial charge in [-0.3, -0.25) is 9.36 Å². The van der Waals surface area contributed by atoms with Gasteiger partial charge in [-0.05, 0) is 12.8 Å². The van der Waals surface area contributed by atoms with Crippen LogP contribution < -0.4 is 5.32 Å². The van der Waals surface area contributed by atoms with Crippen molar-refractivity contribution in [3.8, 4) is 0 Å². The van der Waals surface area contributed by atoms with Crippen molar-refractivity contribution in [2.75, 3.05) is 13.1 Å². The first kappa shape index (κ1) is 11.6. The van der Waals surface area contributed by atoms with Crippen molar-refractivity contribution in [3.63, 3.8) is 0 Å². The Morgan fingerprint density at radius 2 is 2.29 bits per heavy atom. The molecule has 2 heterocycles. The average Bonchev–Trinajstić information content (AvgIpc) is 2.81. The number of rotatable bonds is 1. The monoisotopic (exact) mass is 236 g/mol. The largest absolute Gasteiger partial charge is 0.352 e. The van der Waals surface area contributed by atoms with Gasteiger partial charge in [-0.15, -0.1) is 0 Å². The molecule has 1 saturated heterocycles. The molecule has 0 spiro atoms. The number of nitrogens with zero attached hydrogens (tertiary/aromatic N) is 3. The van der Waals surface area contributed by atoms with Crippen LogP contribution in [0.25, 0.3) is 0 Å². The van der Waals surface area contributed by atoms with Crippen LogP contribution in [0, 0.1) is 0 Å². The van der Waals surface area contributed by atoms with Crippen LogP contribution in [0.4, 0.5) is 4.79 Å². The fourth-order valence-corrected chi connectivity index (χ4v) is 2.09. The first-order valence-electron chi connectivity index (χ1n) is 5.71. The molecule has 2 rings (SSSR count). The lowest BCUT2D eigenvalue weighted by Crippen LogP contribution is -2.50. The summed E-state index contributed by atoms with van der Waals surface area (Å²) in [5.74, 6) is -0.0491. The van der Waals surface area contributed by atoms with Crippen molar-refractivity contribution in [3.05, 3.63) is 18.7 Å². The Balaban J connectivity index is 1.97. The molecule has 0 radical (unpaired) electrons. The third-order valence-corrected chi connectivity index (χ3v) is 2.82. The molecule has 1 atom stereocenters. The molecule has 2 amide bonds. The summed E-state index contributed by atoms with van der Waals surface area (Å²) < 4.78 is 1.45. The molecule has 6 heteroatoms. The Morgan fingerprint density at radius 1 is 1.47 bits per heavy atom. The van der Waals surface area contributed by atoms with E-state index in [4.69, 9.17) is 0 Å². The number of carbonyl (C=O) groups excluding carboxylic acids is 2. The first-order valence-corrected chi connectivity index (χ1v) is 5.71. The molecule has 0 aliphatic carbocycles. The maximum absolute atomic E-state index is 12.0. The van der Waals surface area contributed by atoms with Gasteiger partial charge >= 0.3 is 6.03 Å². The summed E-state index contributed by atoms with van der Waals surface area (Å²) in [4.78, 5) is 28.6. The van der Waals surface area contributed by atoms with Crippen LogP contribution in [0.3, 0.4) is 0 Å². The second-order valence-electron chi connectivity index (χ2n) is 4.24. The summed E-state index contributed by atoms with van der Waals surface area (Å²) in [5.41, 5.74) is 0. The maximum Gasteiger partial charge on any atom is 0.329 e. The smallest absolute Gasteiger partial charge is 0.329 e. The number of nitrogens with one attached hydrogen (secondary N) is 1. The van der Waals surface area contributed by atoms with E-state index >= 15 is 0 Å². The SMILES string of the molecule is CC(=O)NC1CCCN(C(=O)n2ccnc2)C1. The van der Waals surface area contributed by atoms with Crippen LogP contribution in [-0.4, -0.2) is 45.5 Å². The zero-order chi connectivity index (χ0) is 12.3. The highest BCUT2D eigenvalue weighted by atomic mass is 16.2. The average molecular weight is 236 g/mol. The van der Waals surface area contributed by atoms with Crippen molar-refractivity contribution in [1.82, 2.24) is 19.8 Å². The quantitative estimate of drug-likeness (QED) is 0.770. The number of aromatic nitrogens is 2. The van der Waals surface area contributed by atoms with Crippen molar-refractivity contribution < 1.29 is 9.59 Å². The molecule has 92 valence electrons. The predicted octanol–water partition coefficient (Wildman–Crippen LogP) is 0.452. The zero-order valence-electron chi connectivity index (χ0n) is 9.80. The van der Waals surface area contributed by atoms with E-state index in [9.17, 15) is 9.59 Å². The van der Waals surface area contributed by atoms with Gasteiger partial charge in [0.1, 0.15) is 6.33 Å². The normalized spacial score (nSPS) is 20.1. The Labute approximate surface area is 99.6 Å². The van der Waals surface area contributed by atoms with Crippen LogP contribution in [0.1, 0.15) is 19.8 Å². The van der Waals surface area contributed by atoms with E-state index in [-0.39, 0.29) is 18.0 Å². The van der Waals surface area contributed by atoms with Crippen molar-refractivity contribution in [2.24, 2.45) is 0 Å². The number of carbonyl (C=O) groups is 2. The highest BCUT2D eigenvalue weighted by molar-refractivity contribution is 5.77. The minimum atomic E-state index is -0.0856. The number of hydrogen-bond acceptors (Lipinski definition) is 3. The molecule has 17 heavy (non-hydrogen) atoms. The van der Waals surface area contributed by atoms with E-state index in [1.807, 2.05) is 0 Å². The molecule has 1 unspecified atom stereocenters. The van der Waals surface area contributed by atoms with Crippen molar-refractivity contribution >= 4 is 11.9 Å². The fourth-order valence-electron chi connectivity index (χ4n) is 2.09. The number of likely N-dealkylation sites (tertiary alicyclic amines) is 1. The van der Waals surface area contributed by atoms with Gasteiger partial charge in [0.25, 0.3) is 0 Å². The van der Waals surface area contributed by atoms with Crippen LogP contribution in [0.2, 0.25) is 0 Å². The van der Waals surface area contributed by atoms with Crippen molar-refractivity contribution in [1.29, 1.82) is 0 Å². The lowest BCUT2D eigenvalue weighted by molar-refractivity contribution is -0.119. The molecule has 1 aromatic heterocycles. The van der Waals surface area contributed by atoms with Gasteiger partial charge in [-0.1, -0.05) is 0 Å². The molecule has 0 saturated carbocycles.